The van der Waals surface area contributed by atoms with Crippen LogP contribution in [0.25, 0.3) is 5.69 Å². The van der Waals surface area contributed by atoms with Gasteiger partial charge in [0.15, 0.2) is 16.7 Å². The molecule has 0 aliphatic heterocycles. The van der Waals surface area contributed by atoms with E-state index in [4.69, 9.17) is 14.2 Å². The number of ether oxygens (including phenoxy) is 3. The number of hydrogen-bond donors (Lipinski definition) is 0. The highest BCUT2D eigenvalue weighted by atomic mass is 79.9. The highest BCUT2D eigenvalue weighted by Gasteiger charge is 2.26. The zero-order valence-corrected chi connectivity index (χ0v) is 23.2. The van der Waals surface area contributed by atoms with Gasteiger partial charge < -0.3 is 14.2 Å². The van der Waals surface area contributed by atoms with E-state index in [0.29, 0.717) is 43.8 Å². The van der Waals surface area contributed by atoms with Crippen molar-refractivity contribution in [1.82, 2.24) is 14.8 Å². The Hall–Kier alpha value is -3.64. The van der Waals surface area contributed by atoms with Gasteiger partial charge in [-0.15, -0.1) is 10.2 Å². The molecule has 198 valence electrons. The zero-order valence-electron chi connectivity index (χ0n) is 20.8. The number of rotatable bonds is 11. The van der Waals surface area contributed by atoms with Gasteiger partial charge in [-0.05, 0) is 82.5 Å². The summed E-state index contributed by atoms with van der Waals surface area (Å²) in [4.78, 5) is 11.3. The van der Waals surface area contributed by atoms with Gasteiger partial charge in [0, 0.05) is 10.6 Å². The second-order valence-corrected chi connectivity index (χ2v) is 10.2. The summed E-state index contributed by atoms with van der Waals surface area (Å²) in [6, 6.07) is 16.9. The molecule has 0 spiro atoms. The van der Waals surface area contributed by atoms with Gasteiger partial charge in [0.2, 0.25) is 6.54 Å². The minimum Gasteiger partial charge on any atom is -0.497 e. The van der Waals surface area contributed by atoms with Crippen molar-refractivity contribution in [3.8, 4) is 22.9 Å². The van der Waals surface area contributed by atoms with Crippen LogP contribution >= 0.6 is 27.7 Å². The normalized spacial score (nSPS) is 11.7. The molecule has 4 rings (SSSR count). The van der Waals surface area contributed by atoms with Crippen LogP contribution in [0.3, 0.4) is 0 Å². The van der Waals surface area contributed by atoms with Crippen LogP contribution in [0.1, 0.15) is 22.2 Å². The van der Waals surface area contributed by atoms with E-state index in [2.05, 4.69) is 26.1 Å². The van der Waals surface area contributed by atoms with Crippen molar-refractivity contribution in [2.45, 2.75) is 23.9 Å². The Morgan fingerprint density at radius 3 is 2.53 bits per heavy atom. The molecule has 0 aliphatic carbocycles. The highest BCUT2D eigenvalue weighted by Crippen LogP contribution is 2.43. The predicted octanol–water partition coefficient (Wildman–Crippen LogP) is 6.18. The van der Waals surface area contributed by atoms with Gasteiger partial charge in [-0.3, -0.25) is 14.7 Å². The van der Waals surface area contributed by atoms with Crippen LogP contribution in [0, 0.1) is 22.9 Å². The standard InChI is InChI=1S/C26H24BrFN4O5S/c1-16-29-30-26(32(16)20-7-9-21(35-2)10-8-20)38-24(14-31(33)34)18-12-22(27)25(23(13-18)36-3)37-15-17-5-4-6-19(28)11-17/h4-13,24H,14-15H2,1-3H3/t24-/m0/s1. The van der Waals surface area contributed by atoms with E-state index in [1.165, 1.54) is 31.0 Å². The van der Waals surface area contributed by atoms with Crippen LogP contribution in [0.2, 0.25) is 0 Å². The van der Waals surface area contributed by atoms with E-state index in [-0.39, 0.29) is 23.9 Å². The maximum absolute atomic E-state index is 13.6. The molecule has 0 aliphatic rings. The van der Waals surface area contributed by atoms with E-state index < -0.39 is 5.25 Å². The van der Waals surface area contributed by atoms with Crippen molar-refractivity contribution >= 4 is 27.7 Å². The Kier molecular flexibility index (Phi) is 8.85. The molecule has 1 heterocycles. The molecule has 0 radical (unpaired) electrons. The summed E-state index contributed by atoms with van der Waals surface area (Å²) >= 11 is 4.74. The molecule has 0 amide bonds. The minimum absolute atomic E-state index is 0.114. The minimum atomic E-state index is -0.618. The van der Waals surface area contributed by atoms with E-state index in [1.807, 2.05) is 35.8 Å². The number of aromatic nitrogens is 3. The molecule has 0 N–H and O–H groups in total. The molecule has 0 saturated carbocycles. The monoisotopic (exact) mass is 602 g/mol. The molecule has 4 aromatic rings. The summed E-state index contributed by atoms with van der Waals surface area (Å²) in [6.45, 7) is 1.57. The maximum Gasteiger partial charge on any atom is 0.220 e. The van der Waals surface area contributed by atoms with E-state index >= 15 is 0 Å². The van der Waals surface area contributed by atoms with Crippen molar-refractivity contribution in [2.75, 3.05) is 20.8 Å². The quantitative estimate of drug-likeness (QED) is 0.114. The van der Waals surface area contributed by atoms with Crippen molar-refractivity contribution in [3.05, 3.63) is 98.0 Å². The first-order valence-corrected chi connectivity index (χ1v) is 13.1. The van der Waals surface area contributed by atoms with Gasteiger partial charge >= 0.3 is 0 Å². The molecular weight excluding hydrogens is 579 g/mol. The third kappa shape index (κ3) is 6.43. The molecule has 12 heteroatoms. The van der Waals surface area contributed by atoms with Crippen molar-refractivity contribution < 1.29 is 23.5 Å². The van der Waals surface area contributed by atoms with E-state index in [0.717, 1.165) is 5.69 Å². The smallest absolute Gasteiger partial charge is 0.220 e. The average Bonchev–Trinajstić information content (AvgIpc) is 3.26. The molecule has 0 saturated heterocycles. The van der Waals surface area contributed by atoms with Crippen LogP contribution < -0.4 is 14.2 Å². The van der Waals surface area contributed by atoms with Crippen molar-refractivity contribution in [3.63, 3.8) is 0 Å². The molecule has 0 bridgehead atoms. The topological polar surface area (TPSA) is 102 Å². The summed E-state index contributed by atoms with van der Waals surface area (Å²) in [5.74, 6) is 1.77. The first-order chi connectivity index (χ1) is 18.3. The van der Waals surface area contributed by atoms with Gasteiger partial charge in [0.1, 0.15) is 29.2 Å². The maximum atomic E-state index is 13.6. The Bertz CT molecular complexity index is 1430. The van der Waals surface area contributed by atoms with Crippen LogP contribution in [0.5, 0.6) is 17.2 Å². The number of hydrogen-bond acceptors (Lipinski definition) is 8. The molecular formula is C26H24BrFN4O5S. The summed E-state index contributed by atoms with van der Waals surface area (Å²) in [5, 5.41) is 20.0. The van der Waals surface area contributed by atoms with Gasteiger partial charge in [-0.25, -0.2) is 4.39 Å². The molecule has 1 atom stereocenters. The van der Waals surface area contributed by atoms with Crippen molar-refractivity contribution in [1.29, 1.82) is 0 Å². The summed E-state index contributed by atoms with van der Waals surface area (Å²) in [7, 11) is 3.08. The summed E-state index contributed by atoms with van der Waals surface area (Å²) in [5.41, 5.74) is 2.09. The van der Waals surface area contributed by atoms with E-state index in [9.17, 15) is 14.5 Å². The third-order valence-corrected chi connectivity index (χ3v) is 7.35. The third-order valence-electron chi connectivity index (χ3n) is 5.58. The molecule has 9 nitrogen and oxygen atoms in total. The number of methoxy groups -OCH3 is 2. The first kappa shape index (κ1) is 27.4. The Morgan fingerprint density at radius 2 is 1.87 bits per heavy atom. The summed E-state index contributed by atoms with van der Waals surface area (Å²) in [6.07, 6.45) is 0. The van der Waals surface area contributed by atoms with Crippen LogP contribution in [0.15, 0.2) is 70.3 Å². The lowest BCUT2D eigenvalue weighted by atomic mass is 10.1. The fourth-order valence-electron chi connectivity index (χ4n) is 3.77. The Labute approximate surface area is 231 Å². The fraction of sp³-hybridized carbons (Fsp3) is 0.231. The molecule has 0 unspecified atom stereocenters. The number of aryl methyl sites for hydroxylation is 1. The lowest BCUT2D eigenvalue weighted by Crippen LogP contribution is -2.12. The van der Waals surface area contributed by atoms with Gasteiger partial charge in [0.25, 0.3) is 0 Å². The lowest BCUT2D eigenvalue weighted by molar-refractivity contribution is -0.479. The van der Waals surface area contributed by atoms with E-state index in [1.54, 1.807) is 31.4 Å². The Balaban J connectivity index is 1.64. The second kappa shape index (κ2) is 12.3. The zero-order chi connectivity index (χ0) is 27.2. The fourth-order valence-corrected chi connectivity index (χ4v) is 5.50. The number of nitro groups is 1. The molecule has 1 aromatic heterocycles. The number of thioether (sulfide) groups is 1. The predicted molar refractivity (Wildman–Crippen MR) is 145 cm³/mol. The average molecular weight is 603 g/mol. The van der Waals surface area contributed by atoms with Gasteiger partial charge in [-0.2, -0.15) is 0 Å². The van der Waals surface area contributed by atoms with Crippen LogP contribution in [-0.4, -0.2) is 40.5 Å². The van der Waals surface area contributed by atoms with Gasteiger partial charge in [0.05, 0.1) is 18.7 Å². The molecule has 38 heavy (non-hydrogen) atoms. The highest BCUT2D eigenvalue weighted by molar-refractivity contribution is 9.10. The molecule has 3 aromatic carbocycles. The van der Waals surface area contributed by atoms with Gasteiger partial charge in [-0.1, -0.05) is 23.9 Å². The number of benzene rings is 3. The van der Waals surface area contributed by atoms with Crippen LogP contribution in [-0.2, 0) is 6.61 Å². The van der Waals surface area contributed by atoms with Crippen LogP contribution in [0.4, 0.5) is 4.39 Å². The first-order valence-electron chi connectivity index (χ1n) is 11.4. The number of nitrogens with zero attached hydrogens (tertiary/aromatic N) is 4. The number of halogens is 2. The SMILES string of the molecule is COc1ccc(-n2c(C)nnc2S[C@@H](C[N+](=O)[O-])c2cc(Br)c(OCc3cccc(F)c3)c(OC)c2)cc1. The second-order valence-electron chi connectivity index (χ2n) is 8.14. The lowest BCUT2D eigenvalue weighted by Gasteiger charge is -2.18. The molecule has 0 fully saturated rings. The largest absolute Gasteiger partial charge is 0.497 e. The van der Waals surface area contributed by atoms with Crippen molar-refractivity contribution in [2.24, 2.45) is 0 Å². The Morgan fingerprint density at radius 1 is 1.11 bits per heavy atom. The summed E-state index contributed by atoms with van der Waals surface area (Å²) < 4.78 is 32.6.